The molecule has 0 bridgehead atoms. The Kier molecular flexibility index (Phi) is 5.32. The zero-order valence-corrected chi connectivity index (χ0v) is 19.0. The Balaban J connectivity index is 1.66. The number of carbonyl (C=O) groups excluding carboxylic acids is 1. The van der Waals surface area contributed by atoms with E-state index in [2.05, 4.69) is 0 Å². The van der Waals surface area contributed by atoms with E-state index < -0.39 is 4.92 Å². The van der Waals surface area contributed by atoms with Crippen molar-refractivity contribution in [1.82, 2.24) is 4.68 Å². The lowest BCUT2D eigenvalue weighted by Gasteiger charge is -2.20. The Morgan fingerprint density at radius 1 is 1.10 bits per heavy atom. The molecule has 1 saturated heterocycles. The minimum atomic E-state index is -0.397. The molecule has 0 aliphatic carbocycles. The first-order valence-electron chi connectivity index (χ1n) is 9.46. The van der Waals surface area contributed by atoms with Crippen LogP contribution in [0.4, 0.5) is 5.69 Å². The molecule has 158 valence electrons. The fourth-order valence-electron chi connectivity index (χ4n) is 3.50. The number of nitrogens with zero attached hydrogens (tertiary/aromatic N) is 3. The van der Waals surface area contributed by atoms with Gasteiger partial charge in [-0.2, -0.15) is 5.01 Å². The van der Waals surface area contributed by atoms with E-state index in [4.69, 9.17) is 16.6 Å². The molecule has 9 heteroatoms. The smallest absolute Gasteiger partial charge is 0.285 e. The van der Waals surface area contributed by atoms with Crippen LogP contribution >= 0.6 is 24.0 Å². The first-order chi connectivity index (χ1) is 14.7. The zero-order chi connectivity index (χ0) is 22.4. The minimum absolute atomic E-state index is 0.0475. The van der Waals surface area contributed by atoms with E-state index >= 15 is 0 Å². The largest absolute Gasteiger partial charge is 0.457 e. The van der Waals surface area contributed by atoms with Crippen LogP contribution < -0.4 is 5.01 Å². The van der Waals surface area contributed by atoms with Crippen molar-refractivity contribution in [2.45, 2.75) is 27.7 Å². The summed E-state index contributed by atoms with van der Waals surface area (Å²) in [5.41, 5.74) is 3.91. The summed E-state index contributed by atoms with van der Waals surface area (Å²) in [6.07, 6.45) is 1.65. The van der Waals surface area contributed by atoms with Gasteiger partial charge in [0.15, 0.2) is 4.32 Å². The van der Waals surface area contributed by atoms with Gasteiger partial charge in [0.05, 0.1) is 9.83 Å². The first-order valence-corrected chi connectivity index (χ1v) is 10.7. The zero-order valence-electron chi connectivity index (χ0n) is 17.3. The number of hydrogen-bond donors (Lipinski definition) is 0. The average molecular weight is 454 g/mol. The monoisotopic (exact) mass is 453 g/mol. The number of nitro groups is 1. The molecule has 0 saturated carbocycles. The molecule has 1 amide bonds. The number of rotatable bonds is 4. The molecule has 0 spiro atoms. The van der Waals surface area contributed by atoms with Gasteiger partial charge in [-0.25, -0.2) is 0 Å². The quantitative estimate of drug-likeness (QED) is 0.227. The van der Waals surface area contributed by atoms with Gasteiger partial charge in [0, 0.05) is 34.7 Å². The lowest BCUT2D eigenvalue weighted by atomic mass is 10.0. The maximum absolute atomic E-state index is 13.0. The highest BCUT2D eigenvalue weighted by atomic mass is 32.2. The van der Waals surface area contributed by atoms with E-state index in [9.17, 15) is 14.9 Å². The Morgan fingerprint density at radius 3 is 2.42 bits per heavy atom. The van der Waals surface area contributed by atoms with Crippen molar-refractivity contribution in [2.75, 3.05) is 5.01 Å². The molecule has 3 heterocycles. The number of furan rings is 1. The Labute approximate surface area is 188 Å². The van der Waals surface area contributed by atoms with Crippen LogP contribution in [0.5, 0.6) is 0 Å². The molecule has 1 aliphatic heterocycles. The van der Waals surface area contributed by atoms with Crippen molar-refractivity contribution in [3.05, 3.63) is 79.7 Å². The number of benzene rings is 1. The van der Waals surface area contributed by atoms with Gasteiger partial charge >= 0.3 is 0 Å². The lowest BCUT2D eigenvalue weighted by molar-refractivity contribution is -0.385. The van der Waals surface area contributed by atoms with Crippen LogP contribution in [-0.4, -0.2) is 19.8 Å². The van der Waals surface area contributed by atoms with Crippen molar-refractivity contribution < 1.29 is 14.1 Å². The first kappa shape index (κ1) is 21.1. The Morgan fingerprint density at radius 2 is 1.77 bits per heavy atom. The van der Waals surface area contributed by atoms with E-state index in [0.717, 1.165) is 17.0 Å². The van der Waals surface area contributed by atoms with Gasteiger partial charge in [0.2, 0.25) is 0 Å². The normalized spacial score (nSPS) is 15.4. The predicted octanol–water partition coefficient (Wildman–Crippen LogP) is 5.43. The molecule has 31 heavy (non-hydrogen) atoms. The van der Waals surface area contributed by atoms with Crippen LogP contribution in [0.3, 0.4) is 0 Å². The second-order valence-corrected chi connectivity index (χ2v) is 8.99. The summed E-state index contributed by atoms with van der Waals surface area (Å²) >= 11 is 6.64. The highest BCUT2D eigenvalue weighted by Crippen LogP contribution is 2.35. The van der Waals surface area contributed by atoms with Crippen molar-refractivity contribution >= 4 is 46.0 Å². The number of hydrogen-bond acceptors (Lipinski definition) is 6. The second-order valence-electron chi connectivity index (χ2n) is 7.32. The van der Waals surface area contributed by atoms with Gasteiger partial charge in [-0.1, -0.05) is 11.8 Å². The average Bonchev–Trinajstić information content (AvgIpc) is 3.37. The van der Waals surface area contributed by atoms with Gasteiger partial charge in [-0.3, -0.25) is 19.6 Å². The Bertz CT molecular complexity index is 1270. The fraction of sp³-hybridized carbons (Fsp3) is 0.182. The van der Waals surface area contributed by atoms with Crippen LogP contribution in [0.1, 0.15) is 28.3 Å². The van der Waals surface area contributed by atoms with Crippen molar-refractivity contribution in [1.29, 1.82) is 0 Å². The van der Waals surface area contributed by atoms with Gasteiger partial charge < -0.3 is 4.42 Å². The molecule has 7 nitrogen and oxygen atoms in total. The predicted molar refractivity (Wildman–Crippen MR) is 126 cm³/mol. The summed E-state index contributed by atoms with van der Waals surface area (Å²) in [5, 5.41) is 12.8. The van der Waals surface area contributed by atoms with Gasteiger partial charge in [-0.15, -0.1) is 0 Å². The number of carbonyl (C=O) groups is 1. The summed E-state index contributed by atoms with van der Waals surface area (Å²) in [6.45, 7) is 7.38. The molecule has 0 unspecified atom stereocenters. The SMILES string of the molecule is Cc1cc(-c2ccc(/C=C3/SC(=S)N(n4c(C)ccc4C)C3=O)o2)cc([N+](=O)[O-])c1C. The lowest BCUT2D eigenvalue weighted by Crippen LogP contribution is -2.39. The molecule has 0 N–H and O–H groups in total. The molecule has 3 aromatic rings. The standard InChI is InChI=1S/C22H19N3O4S2/c1-12-9-16(10-18(15(12)4)25(27)28)19-8-7-17(29-19)11-20-21(26)24(22(30)31-20)23-13(2)5-6-14(23)3/h5-11H,1-4H3/b20-11+. The Hall–Kier alpha value is -3.17. The van der Waals surface area contributed by atoms with E-state index in [1.54, 1.807) is 29.8 Å². The minimum Gasteiger partial charge on any atom is -0.457 e. The summed E-state index contributed by atoms with van der Waals surface area (Å²) in [7, 11) is 0. The highest BCUT2D eigenvalue weighted by Gasteiger charge is 2.35. The van der Waals surface area contributed by atoms with Crippen LogP contribution in [0, 0.1) is 37.8 Å². The molecule has 0 atom stereocenters. The number of thioether (sulfide) groups is 1. The molecule has 1 aliphatic rings. The van der Waals surface area contributed by atoms with Crippen LogP contribution in [-0.2, 0) is 4.79 Å². The number of nitro benzene ring substituents is 1. The summed E-state index contributed by atoms with van der Waals surface area (Å²) in [6, 6.07) is 10.7. The molecular weight excluding hydrogens is 434 g/mol. The molecule has 0 radical (unpaired) electrons. The van der Waals surface area contributed by atoms with E-state index in [1.165, 1.54) is 22.8 Å². The number of thiocarbonyl (C=S) groups is 1. The number of aromatic nitrogens is 1. The summed E-state index contributed by atoms with van der Waals surface area (Å²) in [4.78, 5) is 24.4. The number of amides is 1. The van der Waals surface area contributed by atoms with Crippen molar-refractivity contribution in [3.63, 3.8) is 0 Å². The van der Waals surface area contributed by atoms with E-state index in [0.29, 0.717) is 31.9 Å². The highest BCUT2D eigenvalue weighted by molar-refractivity contribution is 8.27. The second kappa shape index (κ2) is 7.82. The topological polar surface area (TPSA) is 81.5 Å². The number of aryl methyl sites for hydroxylation is 3. The van der Waals surface area contributed by atoms with Gasteiger partial charge in [0.25, 0.3) is 11.6 Å². The summed E-state index contributed by atoms with van der Waals surface area (Å²) in [5.74, 6) is 0.736. The van der Waals surface area contributed by atoms with Crippen LogP contribution in [0.25, 0.3) is 17.4 Å². The van der Waals surface area contributed by atoms with Gasteiger partial charge in [-0.05, 0) is 75.8 Å². The third-order valence-electron chi connectivity index (χ3n) is 5.23. The maximum atomic E-state index is 13.0. The molecule has 4 rings (SSSR count). The molecule has 1 aromatic carbocycles. The third kappa shape index (κ3) is 3.70. The molecule has 2 aromatic heterocycles. The van der Waals surface area contributed by atoms with Crippen LogP contribution in [0.2, 0.25) is 0 Å². The maximum Gasteiger partial charge on any atom is 0.285 e. The summed E-state index contributed by atoms with van der Waals surface area (Å²) < 4.78 is 8.12. The van der Waals surface area contributed by atoms with Crippen molar-refractivity contribution in [2.24, 2.45) is 0 Å². The van der Waals surface area contributed by atoms with E-state index in [-0.39, 0.29) is 11.6 Å². The molecular formula is C22H19N3O4S2. The fourth-order valence-corrected chi connectivity index (χ4v) is 4.72. The van der Waals surface area contributed by atoms with Gasteiger partial charge in [0.1, 0.15) is 11.5 Å². The van der Waals surface area contributed by atoms with E-state index in [1.807, 2.05) is 39.0 Å². The van der Waals surface area contributed by atoms with Crippen molar-refractivity contribution in [3.8, 4) is 11.3 Å². The van der Waals surface area contributed by atoms with Crippen LogP contribution in [0.15, 0.2) is 45.7 Å². The molecule has 1 fully saturated rings. The third-order valence-corrected chi connectivity index (χ3v) is 6.51.